The van der Waals surface area contributed by atoms with Crippen LogP contribution in [0.25, 0.3) is 0 Å². The van der Waals surface area contributed by atoms with Crippen LogP contribution in [0.3, 0.4) is 0 Å². The highest BCUT2D eigenvalue weighted by atomic mass is 15.2. The summed E-state index contributed by atoms with van der Waals surface area (Å²) in [4.78, 5) is 5.37. The second-order valence-electron chi connectivity index (χ2n) is 5.95. The Balaban J connectivity index is 1.78. The van der Waals surface area contributed by atoms with Gasteiger partial charge in [-0.25, -0.2) is 0 Å². The van der Waals surface area contributed by atoms with E-state index >= 15 is 0 Å². The molecule has 0 N–H and O–H groups in total. The first-order chi connectivity index (χ1) is 7.70. The molecule has 2 rings (SSSR count). The van der Waals surface area contributed by atoms with E-state index in [9.17, 15) is 0 Å². The maximum Gasteiger partial charge on any atom is 0.0120 e. The molecule has 0 radical (unpaired) electrons. The van der Waals surface area contributed by atoms with Crippen molar-refractivity contribution in [3.63, 3.8) is 0 Å². The van der Waals surface area contributed by atoms with Gasteiger partial charge in [0.05, 0.1) is 0 Å². The van der Waals surface area contributed by atoms with Crippen molar-refractivity contribution < 1.29 is 0 Å². The molecule has 2 fully saturated rings. The molecule has 2 aliphatic heterocycles. The van der Waals surface area contributed by atoms with Crippen molar-refractivity contribution in [1.82, 2.24) is 9.80 Å². The Bertz CT molecular complexity index is 207. The summed E-state index contributed by atoms with van der Waals surface area (Å²) in [5, 5.41) is 0. The smallest absolute Gasteiger partial charge is 0.0120 e. The van der Waals surface area contributed by atoms with E-state index in [0.717, 1.165) is 17.9 Å². The van der Waals surface area contributed by atoms with Gasteiger partial charge in [-0.2, -0.15) is 0 Å². The topological polar surface area (TPSA) is 6.48 Å². The van der Waals surface area contributed by atoms with Crippen molar-refractivity contribution >= 4 is 0 Å². The Labute approximate surface area is 101 Å². The van der Waals surface area contributed by atoms with Crippen LogP contribution in [0.4, 0.5) is 0 Å². The third-order valence-electron chi connectivity index (χ3n) is 4.72. The largest absolute Gasteiger partial charge is 0.303 e. The van der Waals surface area contributed by atoms with Crippen LogP contribution in [0.5, 0.6) is 0 Å². The molecule has 0 saturated carbocycles. The lowest BCUT2D eigenvalue weighted by atomic mass is 9.95. The first-order valence-corrected chi connectivity index (χ1v) is 7.17. The van der Waals surface area contributed by atoms with Gasteiger partial charge in [0.1, 0.15) is 0 Å². The summed E-state index contributed by atoms with van der Waals surface area (Å²) >= 11 is 0. The highest BCUT2D eigenvalue weighted by Gasteiger charge is 2.31. The van der Waals surface area contributed by atoms with E-state index in [-0.39, 0.29) is 0 Å². The van der Waals surface area contributed by atoms with E-state index in [4.69, 9.17) is 0 Å². The molecule has 2 nitrogen and oxygen atoms in total. The number of rotatable bonds is 3. The Morgan fingerprint density at radius 3 is 2.25 bits per heavy atom. The average Bonchev–Trinajstić information content (AvgIpc) is 2.78. The average molecular weight is 224 g/mol. The molecule has 16 heavy (non-hydrogen) atoms. The zero-order valence-electron chi connectivity index (χ0n) is 11.3. The van der Waals surface area contributed by atoms with E-state index in [2.05, 4.69) is 30.6 Å². The fraction of sp³-hybridized carbons (Fsp3) is 1.00. The van der Waals surface area contributed by atoms with Crippen LogP contribution in [0.1, 0.15) is 40.0 Å². The zero-order valence-corrected chi connectivity index (χ0v) is 11.3. The molecule has 0 aromatic rings. The van der Waals surface area contributed by atoms with Crippen molar-refractivity contribution in [2.75, 3.05) is 32.7 Å². The fourth-order valence-corrected chi connectivity index (χ4v) is 3.29. The van der Waals surface area contributed by atoms with Crippen LogP contribution in [0, 0.1) is 11.8 Å². The molecule has 2 aliphatic rings. The number of hydrogen-bond donors (Lipinski definition) is 0. The number of likely N-dealkylation sites (tertiary alicyclic amines) is 2. The van der Waals surface area contributed by atoms with Gasteiger partial charge in [-0.3, -0.25) is 4.90 Å². The monoisotopic (exact) mass is 224 g/mol. The third-order valence-corrected chi connectivity index (χ3v) is 4.72. The van der Waals surface area contributed by atoms with Gasteiger partial charge in [-0.15, -0.1) is 0 Å². The van der Waals surface area contributed by atoms with E-state index in [0.29, 0.717) is 0 Å². The van der Waals surface area contributed by atoms with Crippen LogP contribution in [-0.4, -0.2) is 48.6 Å². The lowest BCUT2D eigenvalue weighted by Crippen LogP contribution is -2.44. The molecular weight excluding hydrogens is 196 g/mol. The zero-order chi connectivity index (χ0) is 11.5. The predicted molar refractivity (Wildman–Crippen MR) is 69.7 cm³/mol. The Morgan fingerprint density at radius 2 is 1.75 bits per heavy atom. The molecule has 0 aromatic heterocycles. The summed E-state index contributed by atoms with van der Waals surface area (Å²) in [6.07, 6.45) is 4.24. The Kier molecular flexibility index (Phi) is 4.26. The first-order valence-electron chi connectivity index (χ1n) is 7.17. The molecule has 1 unspecified atom stereocenters. The van der Waals surface area contributed by atoms with E-state index in [1.54, 1.807) is 0 Å². The van der Waals surface area contributed by atoms with Crippen LogP contribution < -0.4 is 0 Å². The van der Waals surface area contributed by atoms with Gasteiger partial charge in [0.25, 0.3) is 0 Å². The minimum Gasteiger partial charge on any atom is -0.303 e. The van der Waals surface area contributed by atoms with Crippen molar-refractivity contribution in [3.05, 3.63) is 0 Å². The summed E-state index contributed by atoms with van der Waals surface area (Å²) in [6, 6.07) is 0.895. The molecule has 2 saturated heterocycles. The highest BCUT2D eigenvalue weighted by molar-refractivity contribution is 4.86. The summed E-state index contributed by atoms with van der Waals surface area (Å²) in [7, 11) is 0. The maximum atomic E-state index is 2.78. The SMILES string of the molecule is CCN1CCC(N2CCC(C(C)C)C2)CC1. The Hall–Kier alpha value is -0.0800. The summed E-state index contributed by atoms with van der Waals surface area (Å²) in [6.45, 7) is 13.7. The highest BCUT2D eigenvalue weighted by Crippen LogP contribution is 2.28. The summed E-state index contributed by atoms with van der Waals surface area (Å²) in [5.41, 5.74) is 0. The number of hydrogen-bond acceptors (Lipinski definition) is 2. The minimum atomic E-state index is 0.876. The number of nitrogens with zero attached hydrogens (tertiary/aromatic N) is 2. The lowest BCUT2D eigenvalue weighted by Gasteiger charge is -2.36. The standard InChI is InChI=1S/C14H28N2/c1-4-15-8-6-14(7-9-15)16-10-5-13(11-16)12(2)3/h12-14H,4-11H2,1-3H3. The Morgan fingerprint density at radius 1 is 1.06 bits per heavy atom. The van der Waals surface area contributed by atoms with Gasteiger partial charge < -0.3 is 4.90 Å². The minimum absolute atomic E-state index is 0.876. The fourth-order valence-electron chi connectivity index (χ4n) is 3.29. The van der Waals surface area contributed by atoms with Crippen LogP contribution in [-0.2, 0) is 0 Å². The molecule has 0 aromatic carbocycles. The van der Waals surface area contributed by atoms with E-state index in [1.165, 1.54) is 52.0 Å². The normalized spacial score (nSPS) is 30.4. The van der Waals surface area contributed by atoms with Gasteiger partial charge in [-0.1, -0.05) is 20.8 Å². The third kappa shape index (κ3) is 2.78. The van der Waals surface area contributed by atoms with Gasteiger partial charge in [0.15, 0.2) is 0 Å². The molecule has 2 heteroatoms. The van der Waals surface area contributed by atoms with Crippen LogP contribution in [0.2, 0.25) is 0 Å². The van der Waals surface area contributed by atoms with Crippen molar-refractivity contribution in [1.29, 1.82) is 0 Å². The molecule has 0 bridgehead atoms. The molecule has 94 valence electrons. The molecule has 2 heterocycles. The molecular formula is C14H28N2. The maximum absolute atomic E-state index is 2.78. The van der Waals surface area contributed by atoms with Crippen molar-refractivity contribution in [2.45, 2.75) is 46.1 Å². The lowest BCUT2D eigenvalue weighted by molar-refractivity contribution is 0.125. The quantitative estimate of drug-likeness (QED) is 0.726. The van der Waals surface area contributed by atoms with Crippen molar-refractivity contribution in [3.8, 4) is 0 Å². The molecule has 0 aliphatic carbocycles. The molecule has 0 spiro atoms. The van der Waals surface area contributed by atoms with E-state index < -0.39 is 0 Å². The van der Waals surface area contributed by atoms with Crippen LogP contribution in [0.15, 0.2) is 0 Å². The summed E-state index contributed by atoms with van der Waals surface area (Å²) < 4.78 is 0. The van der Waals surface area contributed by atoms with Gasteiger partial charge in [0, 0.05) is 12.6 Å². The summed E-state index contributed by atoms with van der Waals surface area (Å²) in [5.74, 6) is 1.84. The van der Waals surface area contributed by atoms with Gasteiger partial charge in [0.2, 0.25) is 0 Å². The number of piperidine rings is 1. The van der Waals surface area contributed by atoms with Gasteiger partial charge in [-0.05, 0) is 57.3 Å². The molecule has 0 amide bonds. The molecule has 1 atom stereocenters. The first kappa shape index (κ1) is 12.4. The second-order valence-corrected chi connectivity index (χ2v) is 5.95. The van der Waals surface area contributed by atoms with Gasteiger partial charge >= 0.3 is 0 Å². The van der Waals surface area contributed by atoms with E-state index in [1.807, 2.05) is 0 Å². The van der Waals surface area contributed by atoms with Crippen molar-refractivity contribution in [2.24, 2.45) is 11.8 Å². The predicted octanol–water partition coefficient (Wildman–Crippen LogP) is 2.45. The second kappa shape index (κ2) is 5.50. The van der Waals surface area contributed by atoms with Crippen LogP contribution >= 0.6 is 0 Å².